The molecule has 0 aromatic carbocycles. The van der Waals surface area contributed by atoms with Gasteiger partial charge in [-0.3, -0.25) is 0 Å². The van der Waals surface area contributed by atoms with Crippen molar-refractivity contribution in [2.45, 2.75) is 52.1 Å². The molecule has 0 aliphatic rings. The van der Waals surface area contributed by atoms with Crippen molar-refractivity contribution in [1.29, 1.82) is 0 Å². The van der Waals surface area contributed by atoms with E-state index >= 15 is 0 Å². The molecule has 0 aliphatic carbocycles. The molecular weight excluding hydrogens is 208 g/mol. The Hall–Kier alpha value is -0.226. The molecule has 0 amide bonds. The van der Waals surface area contributed by atoms with Gasteiger partial charge in [-0.2, -0.15) is 0 Å². The van der Waals surface area contributed by atoms with Gasteiger partial charge in [0.1, 0.15) is 27.0 Å². The minimum Gasteiger partial charge on any atom is -0.305 e. The molecule has 82 valence electrons. The van der Waals surface area contributed by atoms with Crippen LogP contribution in [0, 0.1) is 0 Å². The van der Waals surface area contributed by atoms with Crippen LogP contribution in [0.3, 0.4) is 0 Å². The van der Waals surface area contributed by atoms with E-state index in [2.05, 4.69) is 0 Å². The van der Waals surface area contributed by atoms with Gasteiger partial charge in [-0.05, 0) is 0 Å². The molecule has 14 heavy (non-hydrogen) atoms. The summed E-state index contributed by atoms with van der Waals surface area (Å²) in [4.78, 5) is 23.2. The highest BCUT2D eigenvalue weighted by atomic mass is 28.3. The third-order valence-electron chi connectivity index (χ3n) is 2.25. The maximum Gasteiger partial charge on any atom is 0.123 e. The van der Waals surface area contributed by atoms with Gasteiger partial charge in [0.2, 0.25) is 0 Å². The van der Waals surface area contributed by atoms with Crippen molar-refractivity contribution in [2.24, 2.45) is 0 Å². The van der Waals surface area contributed by atoms with Crippen molar-refractivity contribution in [3.8, 4) is 0 Å². The fourth-order valence-corrected chi connectivity index (χ4v) is 2.73. The Morgan fingerprint density at radius 2 is 0.929 bits per heavy atom. The summed E-state index contributed by atoms with van der Waals surface area (Å²) >= 11 is 0. The summed E-state index contributed by atoms with van der Waals surface area (Å²) < 4.78 is 0. The van der Waals surface area contributed by atoms with Gasteiger partial charge in [0, 0.05) is 12.8 Å². The number of hydrogen-bond acceptors (Lipinski definition) is 2. The third-order valence-corrected chi connectivity index (χ3v) is 6.10. The van der Waals surface area contributed by atoms with Gasteiger partial charge < -0.3 is 9.59 Å². The van der Waals surface area contributed by atoms with Crippen molar-refractivity contribution in [3.63, 3.8) is 0 Å². The second-order valence-electron chi connectivity index (χ2n) is 5.85. The molecular formula is C10H22O2Si2. The monoisotopic (exact) mass is 230 g/mol. The lowest BCUT2D eigenvalue weighted by Gasteiger charge is -2.17. The summed E-state index contributed by atoms with van der Waals surface area (Å²) in [6.07, 6.45) is 0.942. The van der Waals surface area contributed by atoms with Gasteiger partial charge in [0.25, 0.3) is 0 Å². The van der Waals surface area contributed by atoms with Gasteiger partial charge >= 0.3 is 0 Å². The molecule has 0 spiro atoms. The van der Waals surface area contributed by atoms with Crippen LogP contribution < -0.4 is 0 Å². The second kappa shape index (κ2) is 4.53. The smallest absolute Gasteiger partial charge is 0.123 e. The summed E-state index contributed by atoms with van der Waals surface area (Å²) in [5, 5.41) is 0.646. The Morgan fingerprint density at radius 3 is 1.07 bits per heavy atom. The molecule has 0 radical (unpaired) electrons. The first-order valence-electron chi connectivity index (χ1n) is 5.12. The molecule has 0 aliphatic heterocycles. The van der Waals surface area contributed by atoms with Gasteiger partial charge in [-0.25, -0.2) is 0 Å². The maximum absolute atomic E-state index is 11.6. The van der Waals surface area contributed by atoms with Crippen LogP contribution in [0.2, 0.25) is 39.3 Å². The molecule has 4 heteroatoms. The normalized spacial score (nSPS) is 12.7. The largest absolute Gasteiger partial charge is 0.305 e. The summed E-state index contributed by atoms with van der Waals surface area (Å²) in [7, 11) is -3.32. The standard InChI is InChI=1S/C10H22O2Si2/c1-13(2,3)9(11)7-8-10(12)14(4,5)6/h7-8H2,1-6H3. The molecule has 0 saturated carbocycles. The molecule has 0 heterocycles. The van der Waals surface area contributed by atoms with E-state index in [1.165, 1.54) is 0 Å². The van der Waals surface area contributed by atoms with Crippen LogP contribution >= 0.6 is 0 Å². The van der Waals surface area contributed by atoms with Crippen molar-refractivity contribution in [2.75, 3.05) is 0 Å². The first-order chi connectivity index (χ1) is 6.05. The molecule has 0 aromatic heterocycles. The number of rotatable bonds is 5. The third kappa shape index (κ3) is 4.86. The van der Waals surface area contributed by atoms with E-state index in [0.29, 0.717) is 23.7 Å². The summed E-state index contributed by atoms with van der Waals surface area (Å²) in [5.74, 6) is 0. The molecule has 0 saturated heterocycles. The Balaban J connectivity index is 4.10. The van der Waals surface area contributed by atoms with E-state index in [-0.39, 0.29) is 0 Å². The van der Waals surface area contributed by atoms with Crippen molar-refractivity contribution in [3.05, 3.63) is 0 Å². The minimum absolute atomic E-state index is 0.323. The minimum atomic E-state index is -1.66. The van der Waals surface area contributed by atoms with Crippen LogP contribution in [0.4, 0.5) is 0 Å². The highest BCUT2D eigenvalue weighted by molar-refractivity contribution is 7.05. The van der Waals surface area contributed by atoms with Crippen LogP contribution in [0.25, 0.3) is 0 Å². The lowest BCUT2D eigenvalue weighted by atomic mass is 10.3. The predicted octanol–water partition coefficient (Wildman–Crippen LogP) is 2.66. The van der Waals surface area contributed by atoms with Gasteiger partial charge in [0.05, 0.1) is 0 Å². The highest BCUT2D eigenvalue weighted by Gasteiger charge is 2.28. The van der Waals surface area contributed by atoms with E-state index < -0.39 is 16.1 Å². The fraction of sp³-hybridized carbons (Fsp3) is 0.800. The zero-order chi connectivity index (χ0) is 11.6. The number of carbonyl (C=O) groups excluding carboxylic acids is 2. The zero-order valence-electron chi connectivity index (χ0n) is 10.2. The molecule has 0 fully saturated rings. The lowest BCUT2D eigenvalue weighted by Crippen LogP contribution is -2.37. The number of hydrogen-bond donors (Lipinski definition) is 0. The molecule has 2 nitrogen and oxygen atoms in total. The first-order valence-corrected chi connectivity index (χ1v) is 12.1. The zero-order valence-corrected chi connectivity index (χ0v) is 12.2. The van der Waals surface area contributed by atoms with E-state index in [9.17, 15) is 9.59 Å². The topological polar surface area (TPSA) is 34.1 Å². The quantitative estimate of drug-likeness (QED) is 0.681. The molecule has 0 bridgehead atoms. The fourth-order valence-electron chi connectivity index (χ4n) is 0.977. The van der Waals surface area contributed by atoms with Crippen LogP contribution in [0.15, 0.2) is 0 Å². The predicted molar refractivity (Wildman–Crippen MR) is 65.9 cm³/mol. The highest BCUT2D eigenvalue weighted by Crippen LogP contribution is 2.11. The lowest BCUT2D eigenvalue weighted by molar-refractivity contribution is -0.117. The van der Waals surface area contributed by atoms with Gasteiger partial charge in [-0.1, -0.05) is 39.3 Å². The SMILES string of the molecule is C[Si](C)(C)C(=O)CCC(=O)[Si](C)(C)C. The molecule has 0 aromatic rings. The Labute approximate surface area is 89.1 Å². The second-order valence-corrected chi connectivity index (χ2v) is 16.0. The molecule has 0 atom stereocenters. The van der Waals surface area contributed by atoms with Gasteiger partial charge in [-0.15, -0.1) is 0 Å². The van der Waals surface area contributed by atoms with E-state index in [4.69, 9.17) is 0 Å². The molecule has 0 rings (SSSR count). The van der Waals surface area contributed by atoms with Crippen LogP contribution in [0.5, 0.6) is 0 Å². The van der Waals surface area contributed by atoms with Crippen molar-refractivity contribution in [1.82, 2.24) is 0 Å². The van der Waals surface area contributed by atoms with E-state index in [1.807, 2.05) is 39.3 Å². The van der Waals surface area contributed by atoms with Crippen molar-refractivity contribution < 1.29 is 9.59 Å². The summed E-state index contributed by atoms with van der Waals surface area (Å²) in [5.41, 5.74) is 0. The average molecular weight is 230 g/mol. The van der Waals surface area contributed by atoms with Crippen molar-refractivity contribution >= 4 is 27.0 Å². The number of carbonyl (C=O) groups is 2. The summed E-state index contributed by atoms with van der Waals surface area (Å²) in [6, 6.07) is 0. The first kappa shape index (κ1) is 13.8. The van der Waals surface area contributed by atoms with Gasteiger partial charge in [0.15, 0.2) is 0 Å². The van der Waals surface area contributed by atoms with E-state index in [0.717, 1.165) is 0 Å². The molecule has 0 N–H and O–H groups in total. The maximum atomic E-state index is 11.6. The Morgan fingerprint density at radius 1 is 0.714 bits per heavy atom. The van der Waals surface area contributed by atoms with E-state index in [1.54, 1.807) is 0 Å². The average Bonchev–Trinajstić information content (AvgIpc) is 1.95. The Bertz CT molecular complexity index is 207. The van der Waals surface area contributed by atoms with Crippen LogP contribution in [-0.2, 0) is 9.59 Å². The van der Waals surface area contributed by atoms with Crippen LogP contribution in [-0.4, -0.2) is 27.0 Å². The van der Waals surface area contributed by atoms with Crippen LogP contribution in [0.1, 0.15) is 12.8 Å². The Kier molecular flexibility index (Phi) is 4.46. The molecule has 0 unspecified atom stereocenters. The summed E-state index contributed by atoms with van der Waals surface area (Å²) in [6.45, 7) is 12.2.